The van der Waals surface area contributed by atoms with Gasteiger partial charge in [-0.25, -0.2) is 13.1 Å². The quantitative estimate of drug-likeness (QED) is 0.625. The number of nitrogens with one attached hydrogen (secondary N) is 3. The molecule has 1 saturated heterocycles. The largest absolute Gasteiger partial charge is 0.322 e. The van der Waals surface area contributed by atoms with Gasteiger partial charge >= 0.3 is 0 Å². The highest BCUT2D eigenvalue weighted by Crippen LogP contribution is 2.23. The van der Waals surface area contributed by atoms with Gasteiger partial charge in [-0.3, -0.25) is 4.79 Å². The van der Waals surface area contributed by atoms with E-state index in [1.54, 1.807) is 25.1 Å². The second kappa shape index (κ2) is 10.4. The smallest absolute Gasteiger partial charge is 0.255 e. The number of carbonyl (C=O) groups excluding carboxylic acids is 1. The number of hydrogen-bond acceptors (Lipinski definition) is 4. The van der Waals surface area contributed by atoms with Crippen molar-refractivity contribution in [3.63, 3.8) is 0 Å². The van der Waals surface area contributed by atoms with Gasteiger partial charge in [0.1, 0.15) is 0 Å². The molecule has 1 aliphatic rings. The van der Waals surface area contributed by atoms with Crippen molar-refractivity contribution in [3.05, 3.63) is 59.2 Å². The highest BCUT2D eigenvalue weighted by molar-refractivity contribution is 7.89. The summed E-state index contributed by atoms with van der Waals surface area (Å²) in [6.07, 6.45) is 1.93. The third kappa shape index (κ3) is 5.82. The molecular weight excluding hydrogens is 422 g/mol. The van der Waals surface area contributed by atoms with Crippen molar-refractivity contribution < 1.29 is 13.2 Å². The van der Waals surface area contributed by atoms with Crippen LogP contribution in [0.2, 0.25) is 0 Å². The summed E-state index contributed by atoms with van der Waals surface area (Å²) in [6, 6.07) is 12.0. The van der Waals surface area contributed by atoms with E-state index < -0.39 is 10.0 Å². The van der Waals surface area contributed by atoms with Crippen LogP contribution >= 0.6 is 12.4 Å². The fourth-order valence-corrected chi connectivity index (χ4v) is 5.11. The van der Waals surface area contributed by atoms with E-state index in [0.29, 0.717) is 22.7 Å². The number of halogens is 1. The topological polar surface area (TPSA) is 87.3 Å². The predicted molar refractivity (Wildman–Crippen MR) is 123 cm³/mol. The maximum Gasteiger partial charge on any atom is 0.255 e. The fourth-order valence-electron chi connectivity index (χ4n) is 3.71. The molecule has 0 bridgehead atoms. The summed E-state index contributed by atoms with van der Waals surface area (Å²) in [4.78, 5) is 12.8. The molecule has 0 saturated carbocycles. The molecule has 2 aromatic rings. The van der Waals surface area contributed by atoms with E-state index in [9.17, 15) is 13.2 Å². The Bertz CT molecular complexity index is 989. The second-order valence-electron chi connectivity index (χ2n) is 7.74. The number of aryl methyl sites for hydroxylation is 2. The summed E-state index contributed by atoms with van der Waals surface area (Å²) in [5, 5.41) is 6.17. The molecule has 30 heavy (non-hydrogen) atoms. The molecule has 6 nitrogen and oxygen atoms in total. The minimum absolute atomic E-state index is 0. The normalized spacial score (nSPS) is 15.8. The van der Waals surface area contributed by atoms with Crippen LogP contribution < -0.4 is 15.4 Å². The number of amides is 1. The van der Waals surface area contributed by atoms with Gasteiger partial charge in [-0.1, -0.05) is 18.2 Å². The summed E-state index contributed by atoms with van der Waals surface area (Å²) < 4.78 is 28.5. The monoisotopic (exact) mass is 451 g/mol. The van der Waals surface area contributed by atoms with Crippen molar-refractivity contribution in [2.45, 2.75) is 44.6 Å². The molecule has 2 aromatic carbocycles. The van der Waals surface area contributed by atoms with Crippen molar-refractivity contribution in [2.24, 2.45) is 5.92 Å². The van der Waals surface area contributed by atoms with E-state index in [4.69, 9.17) is 0 Å². The third-order valence-electron chi connectivity index (χ3n) is 5.58. The Morgan fingerprint density at radius 1 is 1.07 bits per heavy atom. The molecule has 1 fully saturated rings. The number of carbonyl (C=O) groups is 1. The lowest BCUT2D eigenvalue weighted by atomic mass is 9.92. The van der Waals surface area contributed by atoms with Crippen LogP contribution in [0.1, 0.15) is 41.3 Å². The zero-order chi connectivity index (χ0) is 21.0. The average molecular weight is 452 g/mol. The Hall–Kier alpha value is -1.93. The standard InChI is InChI=1S/C22H29N3O3S.ClH/c1-15-6-4-5-7-20(15)22(26)24-21-9-8-19(14-16(21)2)29(27,28)25-17(3)18-10-12-23-13-11-18;/h4-9,14,17-18,23,25H,10-13H2,1-3H3,(H,24,26);1H. The number of piperidine rings is 1. The van der Waals surface area contributed by atoms with E-state index in [-0.39, 0.29) is 29.3 Å². The minimum Gasteiger partial charge on any atom is -0.322 e. The lowest BCUT2D eigenvalue weighted by Crippen LogP contribution is -2.42. The predicted octanol–water partition coefficient (Wildman–Crippen LogP) is 3.64. The molecule has 1 atom stereocenters. The number of benzene rings is 2. The van der Waals surface area contributed by atoms with Crippen molar-refractivity contribution in [1.82, 2.24) is 10.0 Å². The second-order valence-corrected chi connectivity index (χ2v) is 9.46. The van der Waals surface area contributed by atoms with Crippen molar-refractivity contribution >= 4 is 34.0 Å². The molecule has 164 valence electrons. The summed E-state index contributed by atoms with van der Waals surface area (Å²) in [6.45, 7) is 7.45. The molecule has 0 radical (unpaired) electrons. The molecule has 8 heteroatoms. The maximum absolute atomic E-state index is 12.8. The van der Waals surface area contributed by atoms with Crippen LogP contribution in [0.15, 0.2) is 47.4 Å². The first-order valence-electron chi connectivity index (χ1n) is 9.98. The van der Waals surface area contributed by atoms with Gasteiger partial charge in [-0.15, -0.1) is 12.4 Å². The minimum atomic E-state index is -3.62. The van der Waals surface area contributed by atoms with Gasteiger partial charge < -0.3 is 10.6 Å². The molecule has 0 aromatic heterocycles. The zero-order valence-electron chi connectivity index (χ0n) is 17.6. The molecule has 1 unspecified atom stereocenters. The molecule has 0 aliphatic carbocycles. The fraction of sp³-hybridized carbons (Fsp3) is 0.409. The first-order chi connectivity index (χ1) is 13.8. The first kappa shape index (κ1) is 24.3. The molecule has 0 spiro atoms. The van der Waals surface area contributed by atoms with Crippen molar-refractivity contribution in [3.8, 4) is 0 Å². The van der Waals surface area contributed by atoms with Gasteiger partial charge in [-0.2, -0.15) is 0 Å². The number of hydrogen-bond donors (Lipinski definition) is 3. The van der Waals surface area contributed by atoms with Crippen molar-refractivity contribution in [2.75, 3.05) is 18.4 Å². The Kier molecular flexibility index (Phi) is 8.43. The van der Waals surface area contributed by atoms with Gasteiger partial charge in [0.25, 0.3) is 5.91 Å². The van der Waals surface area contributed by atoms with E-state index in [1.165, 1.54) is 6.07 Å². The van der Waals surface area contributed by atoms with Crippen LogP contribution in [-0.4, -0.2) is 33.5 Å². The molecule has 3 N–H and O–H groups in total. The highest BCUT2D eigenvalue weighted by Gasteiger charge is 2.25. The number of rotatable bonds is 6. The Morgan fingerprint density at radius 3 is 2.37 bits per heavy atom. The van der Waals surface area contributed by atoms with Gasteiger partial charge in [0.15, 0.2) is 0 Å². The molecular formula is C22H30ClN3O3S. The number of anilines is 1. The van der Waals surface area contributed by atoms with Gasteiger partial charge in [0.2, 0.25) is 10.0 Å². The van der Waals surface area contributed by atoms with Crippen LogP contribution in [-0.2, 0) is 10.0 Å². The van der Waals surface area contributed by atoms with Crippen LogP contribution in [0.25, 0.3) is 0 Å². The molecule has 1 aliphatic heterocycles. The van der Waals surface area contributed by atoms with E-state index in [1.807, 2.05) is 32.0 Å². The van der Waals surface area contributed by atoms with E-state index in [2.05, 4.69) is 15.4 Å². The van der Waals surface area contributed by atoms with Crippen LogP contribution in [0.3, 0.4) is 0 Å². The van der Waals surface area contributed by atoms with Crippen LogP contribution in [0, 0.1) is 19.8 Å². The lowest BCUT2D eigenvalue weighted by molar-refractivity contribution is 0.102. The van der Waals surface area contributed by atoms with E-state index >= 15 is 0 Å². The van der Waals surface area contributed by atoms with Gasteiger partial charge in [0.05, 0.1) is 4.90 Å². The number of sulfonamides is 1. The molecule has 1 heterocycles. The van der Waals surface area contributed by atoms with E-state index in [0.717, 1.165) is 31.5 Å². The Morgan fingerprint density at radius 2 is 1.73 bits per heavy atom. The zero-order valence-corrected chi connectivity index (χ0v) is 19.2. The van der Waals surface area contributed by atoms with Crippen molar-refractivity contribution in [1.29, 1.82) is 0 Å². The lowest BCUT2D eigenvalue weighted by Gasteiger charge is -2.28. The van der Waals surface area contributed by atoms with Gasteiger partial charge in [0, 0.05) is 17.3 Å². The SMILES string of the molecule is Cc1cc(S(=O)(=O)NC(C)C2CCNCC2)ccc1NC(=O)c1ccccc1C.Cl. The molecule has 3 rings (SSSR count). The summed E-state index contributed by atoms with van der Waals surface area (Å²) in [7, 11) is -3.62. The Balaban J connectivity index is 0.00000320. The van der Waals surface area contributed by atoms with Gasteiger partial charge in [-0.05, 0) is 88.0 Å². The summed E-state index contributed by atoms with van der Waals surface area (Å²) in [5.74, 6) is 0.124. The Labute approximate surface area is 185 Å². The maximum atomic E-state index is 12.8. The molecule has 1 amide bonds. The summed E-state index contributed by atoms with van der Waals surface area (Å²) in [5.41, 5.74) is 2.78. The first-order valence-corrected chi connectivity index (χ1v) is 11.5. The van der Waals surface area contributed by atoms with Crippen LogP contribution in [0.5, 0.6) is 0 Å². The van der Waals surface area contributed by atoms with Crippen LogP contribution in [0.4, 0.5) is 5.69 Å². The summed E-state index contributed by atoms with van der Waals surface area (Å²) >= 11 is 0. The average Bonchev–Trinajstić information content (AvgIpc) is 2.70. The highest BCUT2D eigenvalue weighted by atomic mass is 35.5. The third-order valence-corrected chi connectivity index (χ3v) is 7.13.